The number of nitrogens with one attached hydrogen (secondary N) is 1. The van der Waals surface area contributed by atoms with E-state index in [1.807, 2.05) is 0 Å². The zero-order chi connectivity index (χ0) is 10.3. The van der Waals surface area contributed by atoms with Crippen LogP contribution in [0.1, 0.15) is 51.4 Å². The third-order valence-corrected chi connectivity index (χ3v) is 2.97. The van der Waals surface area contributed by atoms with Crippen molar-refractivity contribution in [3.05, 3.63) is 0 Å². The maximum atomic E-state index is 10.2. The minimum absolute atomic E-state index is 0.250. The molecule has 0 heterocycles. The molecule has 84 valence electrons. The SMILES string of the molecule is OCCCCNC1(O)CCCCCC1. The van der Waals surface area contributed by atoms with E-state index >= 15 is 0 Å². The topological polar surface area (TPSA) is 52.5 Å². The van der Waals surface area contributed by atoms with Gasteiger partial charge in [-0.25, -0.2) is 0 Å². The first kappa shape index (κ1) is 12.0. The van der Waals surface area contributed by atoms with Gasteiger partial charge in [-0.15, -0.1) is 0 Å². The number of aliphatic hydroxyl groups excluding tert-OH is 1. The number of hydrogen-bond donors (Lipinski definition) is 3. The Kier molecular flexibility index (Phi) is 5.45. The van der Waals surface area contributed by atoms with E-state index in [4.69, 9.17) is 5.11 Å². The van der Waals surface area contributed by atoms with E-state index in [0.29, 0.717) is 0 Å². The lowest BCUT2D eigenvalue weighted by Crippen LogP contribution is -2.45. The molecule has 3 nitrogen and oxygen atoms in total. The van der Waals surface area contributed by atoms with E-state index in [-0.39, 0.29) is 6.61 Å². The predicted octanol–water partition coefficient (Wildman–Crippen LogP) is 1.39. The van der Waals surface area contributed by atoms with Crippen molar-refractivity contribution in [2.24, 2.45) is 0 Å². The van der Waals surface area contributed by atoms with Crippen molar-refractivity contribution in [1.29, 1.82) is 0 Å². The van der Waals surface area contributed by atoms with Gasteiger partial charge >= 0.3 is 0 Å². The molecule has 1 saturated carbocycles. The van der Waals surface area contributed by atoms with Crippen molar-refractivity contribution < 1.29 is 10.2 Å². The van der Waals surface area contributed by atoms with E-state index in [1.54, 1.807) is 0 Å². The summed E-state index contributed by atoms with van der Waals surface area (Å²) < 4.78 is 0. The average Bonchev–Trinajstić information content (AvgIpc) is 2.39. The quantitative estimate of drug-likeness (QED) is 0.358. The van der Waals surface area contributed by atoms with Gasteiger partial charge in [0.05, 0.1) is 0 Å². The Labute approximate surface area is 86.5 Å². The average molecular weight is 201 g/mol. The van der Waals surface area contributed by atoms with Crippen molar-refractivity contribution in [2.45, 2.75) is 57.1 Å². The standard InChI is InChI=1S/C11H23NO2/c13-10-6-5-9-12-11(14)7-3-1-2-4-8-11/h12-14H,1-10H2. The fourth-order valence-corrected chi connectivity index (χ4v) is 2.05. The van der Waals surface area contributed by atoms with E-state index in [9.17, 15) is 5.11 Å². The van der Waals surface area contributed by atoms with Gasteiger partial charge in [0, 0.05) is 6.61 Å². The summed E-state index contributed by atoms with van der Waals surface area (Å²) in [6, 6.07) is 0. The van der Waals surface area contributed by atoms with Crippen molar-refractivity contribution >= 4 is 0 Å². The van der Waals surface area contributed by atoms with Gasteiger partial charge in [0.1, 0.15) is 5.72 Å². The second kappa shape index (κ2) is 6.38. The number of unbranched alkanes of at least 4 members (excludes halogenated alkanes) is 1. The summed E-state index contributed by atoms with van der Waals surface area (Å²) in [7, 11) is 0. The summed E-state index contributed by atoms with van der Waals surface area (Å²) in [6.07, 6.45) is 8.29. The zero-order valence-electron chi connectivity index (χ0n) is 8.97. The lowest BCUT2D eigenvalue weighted by molar-refractivity contribution is -0.00927. The van der Waals surface area contributed by atoms with Crippen molar-refractivity contribution in [3.63, 3.8) is 0 Å². The molecular formula is C11H23NO2. The van der Waals surface area contributed by atoms with Crippen LogP contribution in [-0.2, 0) is 0 Å². The molecule has 0 saturated heterocycles. The van der Waals surface area contributed by atoms with Crippen LogP contribution in [0.3, 0.4) is 0 Å². The van der Waals surface area contributed by atoms with Crippen LogP contribution in [-0.4, -0.2) is 29.1 Å². The Morgan fingerprint density at radius 3 is 2.21 bits per heavy atom. The Morgan fingerprint density at radius 2 is 1.64 bits per heavy atom. The maximum Gasteiger partial charge on any atom is 0.116 e. The first-order valence-electron chi connectivity index (χ1n) is 5.85. The number of hydrogen-bond acceptors (Lipinski definition) is 3. The van der Waals surface area contributed by atoms with Crippen LogP contribution >= 0.6 is 0 Å². The summed E-state index contributed by atoms with van der Waals surface area (Å²) in [5, 5.41) is 22.0. The predicted molar refractivity (Wildman–Crippen MR) is 57.0 cm³/mol. The molecule has 0 aromatic rings. The van der Waals surface area contributed by atoms with Crippen molar-refractivity contribution in [3.8, 4) is 0 Å². The minimum Gasteiger partial charge on any atom is -0.396 e. The van der Waals surface area contributed by atoms with Crippen LogP contribution in [0.2, 0.25) is 0 Å². The third-order valence-electron chi connectivity index (χ3n) is 2.97. The molecule has 0 aromatic heterocycles. The lowest BCUT2D eigenvalue weighted by atomic mass is 10.0. The highest BCUT2D eigenvalue weighted by molar-refractivity contribution is 4.78. The fourth-order valence-electron chi connectivity index (χ4n) is 2.05. The molecule has 3 heteroatoms. The Morgan fingerprint density at radius 1 is 1.00 bits per heavy atom. The van der Waals surface area contributed by atoms with Gasteiger partial charge in [0.25, 0.3) is 0 Å². The first-order chi connectivity index (χ1) is 6.77. The highest BCUT2D eigenvalue weighted by Gasteiger charge is 2.26. The van der Waals surface area contributed by atoms with Gasteiger partial charge in [-0.3, -0.25) is 5.32 Å². The largest absolute Gasteiger partial charge is 0.396 e. The molecular weight excluding hydrogens is 178 g/mol. The molecule has 0 bridgehead atoms. The van der Waals surface area contributed by atoms with E-state index in [1.165, 1.54) is 12.8 Å². The zero-order valence-corrected chi connectivity index (χ0v) is 8.97. The Bertz CT molecular complexity index is 142. The summed E-state index contributed by atoms with van der Waals surface area (Å²) in [4.78, 5) is 0. The van der Waals surface area contributed by atoms with Crippen molar-refractivity contribution in [1.82, 2.24) is 5.32 Å². The number of aliphatic hydroxyl groups is 2. The summed E-state index contributed by atoms with van der Waals surface area (Å²) in [5.41, 5.74) is -0.619. The second-order valence-corrected chi connectivity index (χ2v) is 4.30. The normalized spacial score (nSPS) is 21.9. The maximum absolute atomic E-state index is 10.2. The molecule has 0 spiro atoms. The van der Waals surface area contributed by atoms with Crippen LogP contribution in [0, 0.1) is 0 Å². The molecule has 14 heavy (non-hydrogen) atoms. The van der Waals surface area contributed by atoms with Crippen LogP contribution in [0.15, 0.2) is 0 Å². The van der Waals surface area contributed by atoms with Crippen LogP contribution in [0.5, 0.6) is 0 Å². The van der Waals surface area contributed by atoms with E-state index < -0.39 is 5.72 Å². The smallest absolute Gasteiger partial charge is 0.116 e. The molecule has 1 fully saturated rings. The van der Waals surface area contributed by atoms with E-state index in [2.05, 4.69) is 5.32 Å². The Hall–Kier alpha value is -0.120. The molecule has 1 aliphatic carbocycles. The van der Waals surface area contributed by atoms with Gasteiger partial charge in [0.2, 0.25) is 0 Å². The van der Waals surface area contributed by atoms with Gasteiger partial charge in [-0.2, -0.15) is 0 Å². The summed E-state index contributed by atoms with van der Waals surface area (Å²) in [5.74, 6) is 0. The minimum atomic E-state index is -0.619. The van der Waals surface area contributed by atoms with Crippen molar-refractivity contribution in [2.75, 3.05) is 13.2 Å². The van der Waals surface area contributed by atoms with Crippen LogP contribution in [0.25, 0.3) is 0 Å². The van der Waals surface area contributed by atoms with Crippen LogP contribution < -0.4 is 5.32 Å². The third kappa shape index (κ3) is 4.40. The molecule has 1 aliphatic rings. The highest BCUT2D eigenvalue weighted by Crippen LogP contribution is 2.24. The van der Waals surface area contributed by atoms with Gasteiger partial charge in [0.15, 0.2) is 0 Å². The van der Waals surface area contributed by atoms with E-state index in [0.717, 1.165) is 45.1 Å². The molecule has 3 N–H and O–H groups in total. The Balaban J connectivity index is 2.17. The molecule has 0 aliphatic heterocycles. The van der Waals surface area contributed by atoms with Gasteiger partial charge < -0.3 is 10.2 Å². The van der Waals surface area contributed by atoms with Crippen LogP contribution in [0.4, 0.5) is 0 Å². The highest BCUT2D eigenvalue weighted by atomic mass is 16.3. The number of rotatable bonds is 5. The molecule has 0 radical (unpaired) electrons. The molecule has 0 amide bonds. The monoisotopic (exact) mass is 201 g/mol. The molecule has 0 unspecified atom stereocenters. The van der Waals surface area contributed by atoms with Gasteiger partial charge in [-0.1, -0.05) is 12.8 Å². The molecule has 0 aromatic carbocycles. The second-order valence-electron chi connectivity index (χ2n) is 4.30. The van der Waals surface area contributed by atoms with Gasteiger partial charge in [-0.05, 0) is 45.1 Å². The summed E-state index contributed by atoms with van der Waals surface area (Å²) >= 11 is 0. The lowest BCUT2D eigenvalue weighted by Gasteiger charge is -2.28. The fraction of sp³-hybridized carbons (Fsp3) is 1.00. The molecule has 1 rings (SSSR count). The molecule has 0 atom stereocenters. The first-order valence-corrected chi connectivity index (χ1v) is 5.85. The summed E-state index contributed by atoms with van der Waals surface area (Å²) in [6.45, 7) is 1.07.